The topological polar surface area (TPSA) is 64.3 Å². The molecule has 1 saturated heterocycles. The lowest BCUT2D eigenvalue weighted by atomic mass is 10.2. The van der Waals surface area contributed by atoms with Crippen molar-refractivity contribution >= 4 is 45.8 Å². The fraction of sp³-hybridized carbons (Fsp3) is 0.300. The number of piperazine rings is 1. The van der Waals surface area contributed by atoms with Crippen LogP contribution in [0.5, 0.6) is 0 Å². The predicted octanol–water partition coefficient (Wildman–Crippen LogP) is 3.72. The van der Waals surface area contributed by atoms with Gasteiger partial charge in [0, 0.05) is 37.4 Å². The molecule has 0 atom stereocenters. The first-order valence-corrected chi connectivity index (χ1v) is 9.90. The van der Waals surface area contributed by atoms with E-state index in [9.17, 15) is 4.79 Å². The minimum Gasteiger partial charge on any atom is -0.338 e. The quantitative estimate of drug-likeness (QED) is 0.678. The van der Waals surface area contributed by atoms with Gasteiger partial charge in [-0.2, -0.15) is 0 Å². The van der Waals surface area contributed by atoms with Gasteiger partial charge in [0.25, 0.3) is 0 Å². The monoisotopic (exact) mass is 417 g/mol. The molecular weight excluding hydrogens is 397 g/mol. The van der Waals surface area contributed by atoms with Gasteiger partial charge in [-0.25, -0.2) is 4.98 Å². The Labute approximate surface area is 173 Å². The molecule has 8 heteroatoms. The second kappa shape index (κ2) is 8.09. The van der Waals surface area contributed by atoms with Crippen molar-refractivity contribution in [3.05, 3.63) is 46.4 Å². The van der Waals surface area contributed by atoms with Crippen molar-refractivity contribution in [2.45, 2.75) is 0 Å². The molecule has 1 aromatic heterocycles. The number of hydrogen-bond donors (Lipinski definition) is 2. The Kier molecular flexibility index (Phi) is 5.55. The molecule has 2 aromatic carbocycles. The summed E-state index contributed by atoms with van der Waals surface area (Å²) in [6.07, 6.45) is 0. The highest BCUT2D eigenvalue weighted by atomic mass is 35.5. The highest BCUT2D eigenvalue weighted by molar-refractivity contribution is 6.44. The number of anilines is 1. The van der Waals surface area contributed by atoms with E-state index in [1.54, 1.807) is 6.07 Å². The molecular formula is C20H21Cl2N5O. The molecule has 1 aliphatic heterocycles. The Morgan fingerprint density at radius 2 is 1.82 bits per heavy atom. The summed E-state index contributed by atoms with van der Waals surface area (Å²) < 4.78 is 0. The van der Waals surface area contributed by atoms with Crippen molar-refractivity contribution in [2.24, 2.45) is 0 Å². The standard InChI is InChI=1S/C20H21Cl2N5O/c1-26-8-10-27(11-9-26)12-17(28)23-14-4-2-13(3-5-14)20-24-16-7-6-15(21)18(22)19(16)25-20/h2-7H,8-12H2,1H3,(H,23,28)(H,24,25). The summed E-state index contributed by atoms with van der Waals surface area (Å²) in [5.74, 6) is 0.706. The summed E-state index contributed by atoms with van der Waals surface area (Å²) in [5, 5.41) is 3.88. The van der Waals surface area contributed by atoms with Crippen LogP contribution >= 0.6 is 23.2 Å². The molecule has 4 rings (SSSR count). The normalized spacial score (nSPS) is 15.8. The van der Waals surface area contributed by atoms with Gasteiger partial charge in [-0.15, -0.1) is 0 Å². The van der Waals surface area contributed by atoms with Crippen molar-refractivity contribution in [2.75, 3.05) is 45.1 Å². The lowest BCUT2D eigenvalue weighted by Crippen LogP contribution is -2.47. The van der Waals surface area contributed by atoms with Crippen LogP contribution in [0.1, 0.15) is 0 Å². The van der Waals surface area contributed by atoms with E-state index < -0.39 is 0 Å². The van der Waals surface area contributed by atoms with Crippen LogP contribution in [0.2, 0.25) is 10.0 Å². The number of benzene rings is 2. The number of aromatic nitrogens is 2. The van der Waals surface area contributed by atoms with Gasteiger partial charge in [0.2, 0.25) is 5.91 Å². The van der Waals surface area contributed by atoms with E-state index in [1.165, 1.54) is 0 Å². The van der Waals surface area contributed by atoms with Crippen molar-refractivity contribution < 1.29 is 4.79 Å². The van der Waals surface area contributed by atoms with Crippen LogP contribution in [0.3, 0.4) is 0 Å². The number of H-pyrrole nitrogens is 1. The molecule has 2 heterocycles. The molecule has 28 heavy (non-hydrogen) atoms. The van der Waals surface area contributed by atoms with Gasteiger partial charge in [-0.05, 0) is 43.4 Å². The molecule has 0 spiro atoms. The van der Waals surface area contributed by atoms with E-state index in [-0.39, 0.29) is 5.91 Å². The third-order valence-corrected chi connectivity index (χ3v) is 5.75. The highest BCUT2D eigenvalue weighted by Crippen LogP contribution is 2.31. The summed E-state index contributed by atoms with van der Waals surface area (Å²) in [6.45, 7) is 4.24. The second-order valence-electron chi connectivity index (χ2n) is 7.05. The minimum atomic E-state index is 0.00228. The summed E-state index contributed by atoms with van der Waals surface area (Å²) >= 11 is 12.3. The maximum Gasteiger partial charge on any atom is 0.238 e. The average molecular weight is 418 g/mol. The number of likely N-dealkylation sites (N-methyl/N-ethyl adjacent to an activating group) is 1. The number of rotatable bonds is 4. The third-order valence-electron chi connectivity index (χ3n) is 4.95. The number of amides is 1. The number of imidazole rings is 1. The number of nitrogens with zero attached hydrogens (tertiary/aromatic N) is 3. The minimum absolute atomic E-state index is 0.00228. The molecule has 2 N–H and O–H groups in total. The zero-order chi connectivity index (χ0) is 19.7. The SMILES string of the molecule is CN1CCN(CC(=O)Nc2ccc(-c3nc4c(Cl)c(Cl)ccc4[nH]3)cc2)CC1. The summed E-state index contributed by atoms with van der Waals surface area (Å²) in [5.41, 5.74) is 3.14. The number of carbonyl (C=O) groups excluding carboxylic acids is 1. The molecule has 0 bridgehead atoms. The fourth-order valence-electron chi connectivity index (χ4n) is 3.28. The molecule has 3 aromatic rings. The Balaban J connectivity index is 1.42. The van der Waals surface area contributed by atoms with Crippen molar-refractivity contribution in [1.29, 1.82) is 0 Å². The summed E-state index contributed by atoms with van der Waals surface area (Å²) in [6, 6.07) is 11.2. The number of halogens is 2. The van der Waals surface area contributed by atoms with Gasteiger partial charge in [0.1, 0.15) is 11.3 Å². The molecule has 0 aliphatic carbocycles. The molecule has 1 aliphatic rings. The molecule has 0 saturated carbocycles. The van der Waals surface area contributed by atoms with E-state index in [0.717, 1.165) is 42.9 Å². The first-order chi connectivity index (χ1) is 13.5. The number of aromatic amines is 1. The Hall–Kier alpha value is -2.12. The number of nitrogens with one attached hydrogen (secondary N) is 2. The zero-order valence-electron chi connectivity index (χ0n) is 15.5. The Morgan fingerprint density at radius 1 is 1.11 bits per heavy atom. The van der Waals surface area contributed by atoms with Crippen molar-refractivity contribution in [3.8, 4) is 11.4 Å². The van der Waals surface area contributed by atoms with Gasteiger partial charge in [-0.3, -0.25) is 9.69 Å². The lowest BCUT2D eigenvalue weighted by Gasteiger charge is -2.31. The molecule has 146 valence electrons. The van der Waals surface area contributed by atoms with Crippen LogP contribution in [-0.4, -0.2) is 65.4 Å². The summed E-state index contributed by atoms with van der Waals surface area (Å²) in [7, 11) is 2.10. The van der Waals surface area contributed by atoms with E-state index >= 15 is 0 Å². The zero-order valence-corrected chi connectivity index (χ0v) is 17.0. The Morgan fingerprint density at radius 3 is 2.54 bits per heavy atom. The Bertz CT molecular complexity index is 994. The molecule has 0 unspecified atom stereocenters. The average Bonchev–Trinajstić information content (AvgIpc) is 3.12. The van der Waals surface area contributed by atoms with Gasteiger partial charge in [0.05, 0.1) is 22.1 Å². The second-order valence-corrected chi connectivity index (χ2v) is 7.83. The van der Waals surface area contributed by atoms with E-state index in [4.69, 9.17) is 23.2 Å². The summed E-state index contributed by atoms with van der Waals surface area (Å²) in [4.78, 5) is 24.5. The first-order valence-electron chi connectivity index (χ1n) is 9.14. The lowest BCUT2D eigenvalue weighted by molar-refractivity contribution is -0.117. The maximum atomic E-state index is 12.3. The fourth-order valence-corrected chi connectivity index (χ4v) is 3.63. The number of hydrogen-bond acceptors (Lipinski definition) is 4. The van der Waals surface area contributed by atoms with Crippen LogP contribution in [0.4, 0.5) is 5.69 Å². The van der Waals surface area contributed by atoms with Crippen LogP contribution in [0.15, 0.2) is 36.4 Å². The highest BCUT2D eigenvalue weighted by Gasteiger charge is 2.16. The van der Waals surface area contributed by atoms with E-state index in [0.29, 0.717) is 27.9 Å². The van der Waals surface area contributed by atoms with Crippen molar-refractivity contribution in [1.82, 2.24) is 19.8 Å². The van der Waals surface area contributed by atoms with Crippen LogP contribution in [0.25, 0.3) is 22.4 Å². The molecule has 1 fully saturated rings. The van der Waals surface area contributed by atoms with Gasteiger partial charge in [-0.1, -0.05) is 23.2 Å². The molecule has 0 radical (unpaired) electrons. The van der Waals surface area contributed by atoms with E-state index in [2.05, 4.69) is 32.1 Å². The third kappa shape index (κ3) is 4.15. The van der Waals surface area contributed by atoms with Gasteiger partial charge < -0.3 is 15.2 Å². The largest absolute Gasteiger partial charge is 0.338 e. The van der Waals surface area contributed by atoms with Crippen molar-refractivity contribution in [3.63, 3.8) is 0 Å². The van der Waals surface area contributed by atoms with Crippen LogP contribution in [0, 0.1) is 0 Å². The van der Waals surface area contributed by atoms with Gasteiger partial charge >= 0.3 is 0 Å². The smallest absolute Gasteiger partial charge is 0.238 e. The molecule has 6 nitrogen and oxygen atoms in total. The maximum absolute atomic E-state index is 12.3. The number of carbonyl (C=O) groups is 1. The van der Waals surface area contributed by atoms with Crippen LogP contribution in [-0.2, 0) is 4.79 Å². The van der Waals surface area contributed by atoms with Crippen LogP contribution < -0.4 is 5.32 Å². The van der Waals surface area contributed by atoms with E-state index in [1.807, 2.05) is 30.3 Å². The predicted molar refractivity (Wildman–Crippen MR) is 114 cm³/mol. The number of fused-ring (bicyclic) bond motifs is 1. The first kappa shape index (κ1) is 19.2. The molecule has 1 amide bonds. The van der Waals surface area contributed by atoms with Gasteiger partial charge in [0.15, 0.2) is 0 Å².